The zero-order valence-electron chi connectivity index (χ0n) is 10.7. The molecule has 0 fully saturated rings. The normalized spacial score (nSPS) is 11.1. The maximum Gasteiger partial charge on any atom is 0.109 e. The Morgan fingerprint density at radius 3 is 2.74 bits per heavy atom. The van der Waals surface area contributed by atoms with E-state index in [1.807, 2.05) is 24.4 Å². The molecule has 1 aromatic carbocycles. The Hall–Kier alpha value is -1.68. The molecule has 0 N–H and O–H groups in total. The van der Waals surface area contributed by atoms with Crippen molar-refractivity contribution in [2.24, 2.45) is 0 Å². The van der Waals surface area contributed by atoms with Gasteiger partial charge < -0.3 is 4.57 Å². The molecule has 3 aromatic rings. The number of aromatic nitrogens is 3. The molecule has 0 saturated carbocycles. The zero-order valence-corrected chi connectivity index (χ0v) is 12.3. The molecule has 0 radical (unpaired) electrons. The van der Waals surface area contributed by atoms with Gasteiger partial charge in [0.05, 0.1) is 23.3 Å². The third-order valence-electron chi connectivity index (χ3n) is 3.16. The molecule has 19 heavy (non-hydrogen) atoms. The molecule has 0 aliphatic rings. The first-order chi connectivity index (χ1) is 9.28. The lowest BCUT2D eigenvalue weighted by Gasteiger charge is -2.07. The molecular weight excluding hydrogens is 302 g/mol. The fourth-order valence-electron chi connectivity index (χ4n) is 2.23. The van der Waals surface area contributed by atoms with Crippen LogP contribution in [0.5, 0.6) is 0 Å². The van der Waals surface area contributed by atoms with E-state index in [9.17, 15) is 0 Å². The largest absolute Gasteiger partial charge is 0.322 e. The third kappa shape index (κ3) is 2.40. The third-order valence-corrected chi connectivity index (χ3v) is 3.63. The van der Waals surface area contributed by atoms with Crippen molar-refractivity contribution in [3.63, 3.8) is 0 Å². The number of imidazole rings is 1. The molecule has 0 spiro atoms. The van der Waals surface area contributed by atoms with Crippen LogP contribution in [0.2, 0.25) is 0 Å². The molecule has 3 rings (SSSR count). The predicted molar refractivity (Wildman–Crippen MR) is 80.2 cm³/mol. The number of halogens is 1. The van der Waals surface area contributed by atoms with E-state index in [4.69, 9.17) is 0 Å². The minimum atomic E-state index is 0.761. The van der Waals surface area contributed by atoms with Gasteiger partial charge in [0, 0.05) is 17.1 Å². The molecule has 0 amide bonds. The Labute approximate surface area is 120 Å². The Morgan fingerprint density at radius 1 is 1.16 bits per heavy atom. The van der Waals surface area contributed by atoms with Crippen molar-refractivity contribution in [3.05, 3.63) is 58.6 Å². The van der Waals surface area contributed by atoms with Gasteiger partial charge in [0.2, 0.25) is 0 Å². The van der Waals surface area contributed by atoms with Crippen LogP contribution in [-0.4, -0.2) is 14.5 Å². The summed E-state index contributed by atoms with van der Waals surface area (Å²) < 4.78 is 3.24. The Morgan fingerprint density at radius 2 is 2.00 bits per heavy atom. The highest BCUT2D eigenvalue weighted by molar-refractivity contribution is 9.10. The number of pyridine rings is 1. The quantitative estimate of drug-likeness (QED) is 0.736. The maximum atomic E-state index is 4.67. The van der Waals surface area contributed by atoms with Crippen molar-refractivity contribution in [3.8, 4) is 0 Å². The first-order valence-corrected chi connectivity index (χ1v) is 7.12. The Bertz CT molecular complexity index is 701. The molecule has 2 aromatic heterocycles. The number of fused-ring (bicyclic) bond motifs is 1. The van der Waals surface area contributed by atoms with Crippen molar-refractivity contribution in [1.29, 1.82) is 0 Å². The van der Waals surface area contributed by atoms with Crippen molar-refractivity contribution in [1.82, 2.24) is 14.5 Å². The average molecular weight is 316 g/mol. The second kappa shape index (κ2) is 5.13. The highest BCUT2D eigenvalue weighted by Crippen LogP contribution is 2.18. The fourth-order valence-corrected chi connectivity index (χ4v) is 2.47. The summed E-state index contributed by atoms with van der Waals surface area (Å²) >= 11 is 3.41. The SMILES string of the molecule is CCc1nc2ccccc2n1Cc1ccc(Br)cn1. The summed E-state index contributed by atoms with van der Waals surface area (Å²) in [4.78, 5) is 9.11. The van der Waals surface area contributed by atoms with Gasteiger partial charge in [-0.25, -0.2) is 4.98 Å². The van der Waals surface area contributed by atoms with E-state index in [2.05, 4.69) is 55.6 Å². The second-order valence-corrected chi connectivity index (χ2v) is 5.34. The van der Waals surface area contributed by atoms with Gasteiger partial charge >= 0.3 is 0 Å². The highest BCUT2D eigenvalue weighted by atomic mass is 79.9. The number of hydrogen-bond donors (Lipinski definition) is 0. The van der Waals surface area contributed by atoms with Crippen LogP contribution in [0.25, 0.3) is 11.0 Å². The number of aryl methyl sites for hydroxylation is 1. The van der Waals surface area contributed by atoms with Crippen molar-refractivity contribution in [2.45, 2.75) is 19.9 Å². The molecule has 0 aliphatic carbocycles. The van der Waals surface area contributed by atoms with Crippen molar-refractivity contribution < 1.29 is 0 Å². The standard InChI is InChI=1S/C15H14BrN3/c1-2-15-18-13-5-3-4-6-14(13)19(15)10-12-8-7-11(16)9-17-12/h3-9H,2,10H2,1H3. The minimum Gasteiger partial charge on any atom is -0.322 e. The summed E-state index contributed by atoms with van der Waals surface area (Å²) in [6.45, 7) is 2.89. The molecular formula is C15H14BrN3. The van der Waals surface area contributed by atoms with Crippen molar-refractivity contribution >= 4 is 27.0 Å². The summed E-state index contributed by atoms with van der Waals surface area (Å²) in [5.41, 5.74) is 3.27. The Balaban J connectivity index is 2.06. The monoisotopic (exact) mass is 315 g/mol. The molecule has 0 aliphatic heterocycles. The molecule has 0 bridgehead atoms. The van der Waals surface area contributed by atoms with Gasteiger partial charge in [0.15, 0.2) is 0 Å². The molecule has 0 saturated heterocycles. The number of rotatable bonds is 3. The first-order valence-electron chi connectivity index (χ1n) is 6.32. The summed E-state index contributed by atoms with van der Waals surface area (Å²) in [5, 5.41) is 0. The smallest absolute Gasteiger partial charge is 0.109 e. The van der Waals surface area contributed by atoms with E-state index >= 15 is 0 Å². The number of para-hydroxylation sites is 2. The molecule has 0 unspecified atom stereocenters. The molecule has 96 valence electrons. The average Bonchev–Trinajstić information content (AvgIpc) is 2.79. The van der Waals surface area contributed by atoms with Crippen LogP contribution < -0.4 is 0 Å². The molecule has 3 nitrogen and oxygen atoms in total. The molecule has 0 atom stereocenters. The van der Waals surface area contributed by atoms with Gasteiger partial charge in [-0.3, -0.25) is 4.98 Å². The molecule has 4 heteroatoms. The minimum absolute atomic E-state index is 0.761. The van der Waals surface area contributed by atoms with E-state index in [-0.39, 0.29) is 0 Å². The number of nitrogens with zero attached hydrogens (tertiary/aromatic N) is 3. The van der Waals surface area contributed by atoms with Crippen LogP contribution in [0.1, 0.15) is 18.4 Å². The molecule has 2 heterocycles. The second-order valence-electron chi connectivity index (χ2n) is 4.42. The van der Waals surface area contributed by atoms with Gasteiger partial charge in [-0.05, 0) is 40.2 Å². The maximum absolute atomic E-state index is 4.67. The lowest BCUT2D eigenvalue weighted by Crippen LogP contribution is -2.05. The first kappa shape index (κ1) is 12.4. The van der Waals surface area contributed by atoms with E-state index in [0.717, 1.165) is 34.5 Å². The summed E-state index contributed by atoms with van der Waals surface area (Å²) in [5.74, 6) is 1.10. The number of hydrogen-bond acceptors (Lipinski definition) is 2. The predicted octanol–water partition coefficient (Wildman–Crippen LogP) is 3.80. The summed E-state index contributed by atoms with van der Waals surface area (Å²) in [6, 6.07) is 12.3. The van der Waals surface area contributed by atoms with Gasteiger partial charge in [0.1, 0.15) is 5.82 Å². The van der Waals surface area contributed by atoms with Gasteiger partial charge in [-0.15, -0.1) is 0 Å². The van der Waals surface area contributed by atoms with Gasteiger partial charge in [-0.2, -0.15) is 0 Å². The topological polar surface area (TPSA) is 30.7 Å². The van der Waals surface area contributed by atoms with Crippen LogP contribution >= 0.6 is 15.9 Å². The fraction of sp³-hybridized carbons (Fsp3) is 0.200. The summed E-state index contributed by atoms with van der Waals surface area (Å²) in [7, 11) is 0. The van der Waals surface area contributed by atoms with E-state index in [0.29, 0.717) is 0 Å². The van der Waals surface area contributed by atoms with Gasteiger partial charge in [0.25, 0.3) is 0 Å². The van der Waals surface area contributed by atoms with E-state index in [1.54, 1.807) is 0 Å². The van der Waals surface area contributed by atoms with Crippen LogP contribution in [0, 0.1) is 0 Å². The van der Waals surface area contributed by atoms with Crippen LogP contribution in [0.15, 0.2) is 47.1 Å². The van der Waals surface area contributed by atoms with Crippen molar-refractivity contribution in [2.75, 3.05) is 0 Å². The van der Waals surface area contributed by atoms with Gasteiger partial charge in [-0.1, -0.05) is 19.1 Å². The van der Waals surface area contributed by atoms with E-state index < -0.39 is 0 Å². The number of benzene rings is 1. The summed E-state index contributed by atoms with van der Waals surface area (Å²) in [6.07, 6.45) is 2.76. The zero-order chi connectivity index (χ0) is 13.2. The van der Waals surface area contributed by atoms with Crippen LogP contribution in [-0.2, 0) is 13.0 Å². The lowest BCUT2D eigenvalue weighted by molar-refractivity contribution is 0.736. The lowest BCUT2D eigenvalue weighted by atomic mass is 10.3. The highest BCUT2D eigenvalue weighted by Gasteiger charge is 2.09. The Kier molecular flexibility index (Phi) is 3.34. The van der Waals surface area contributed by atoms with Crippen LogP contribution in [0.4, 0.5) is 0 Å². The van der Waals surface area contributed by atoms with Crippen LogP contribution in [0.3, 0.4) is 0 Å². The van der Waals surface area contributed by atoms with E-state index in [1.165, 1.54) is 5.52 Å².